The summed E-state index contributed by atoms with van der Waals surface area (Å²) < 4.78 is 45.7. The van der Waals surface area contributed by atoms with Gasteiger partial charge in [-0.1, -0.05) is 19.1 Å². The van der Waals surface area contributed by atoms with Crippen LogP contribution in [0.5, 0.6) is 5.75 Å². The molecule has 0 aromatic heterocycles. The Kier molecular flexibility index (Phi) is 5.03. The highest BCUT2D eigenvalue weighted by Crippen LogP contribution is 2.23. The summed E-state index contributed by atoms with van der Waals surface area (Å²) in [6.07, 6.45) is 0.878. The topological polar surface area (TPSA) is 55.4 Å². The van der Waals surface area contributed by atoms with Crippen LogP contribution < -0.4 is 9.46 Å². The van der Waals surface area contributed by atoms with Crippen LogP contribution in [0.3, 0.4) is 0 Å². The standard InChI is InChI=1S/C16H18FNO3S/c1-3-12-5-7-13(8-6-12)18-22(19,20)14-9-10-15(17)16(11-14)21-4-2/h5-11,18H,3-4H2,1-2H3. The van der Waals surface area contributed by atoms with Gasteiger partial charge in [-0.3, -0.25) is 4.72 Å². The minimum Gasteiger partial charge on any atom is -0.491 e. The number of sulfonamides is 1. The third kappa shape index (κ3) is 3.76. The summed E-state index contributed by atoms with van der Waals surface area (Å²) in [5, 5.41) is 0. The lowest BCUT2D eigenvalue weighted by Gasteiger charge is -2.11. The first kappa shape index (κ1) is 16.3. The molecule has 4 nitrogen and oxygen atoms in total. The maximum absolute atomic E-state index is 13.5. The molecule has 0 aliphatic carbocycles. The summed E-state index contributed by atoms with van der Waals surface area (Å²) in [5.41, 5.74) is 1.57. The molecule has 0 fully saturated rings. The molecule has 0 aliphatic heterocycles. The van der Waals surface area contributed by atoms with Gasteiger partial charge >= 0.3 is 0 Å². The van der Waals surface area contributed by atoms with Crippen LogP contribution in [0.25, 0.3) is 0 Å². The van der Waals surface area contributed by atoms with Gasteiger partial charge in [0.1, 0.15) is 0 Å². The van der Waals surface area contributed by atoms with Crippen molar-refractivity contribution in [1.29, 1.82) is 0 Å². The van der Waals surface area contributed by atoms with Gasteiger partial charge in [-0.15, -0.1) is 0 Å². The van der Waals surface area contributed by atoms with Crippen LogP contribution in [0, 0.1) is 5.82 Å². The highest BCUT2D eigenvalue weighted by molar-refractivity contribution is 7.92. The number of ether oxygens (including phenoxy) is 1. The van der Waals surface area contributed by atoms with Gasteiger partial charge in [0.15, 0.2) is 11.6 Å². The number of hydrogen-bond donors (Lipinski definition) is 1. The summed E-state index contributed by atoms with van der Waals surface area (Å²) in [6, 6.07) is 10.6. The van der Waals surface area contributed by atoms with Crippen molar-refractivity contribution in [1.82, 2.24) is 0 Å². The molecule has 0 atom stereocenters. The van der Waals surface area contributed by atoms with Gasteiger partial charge in [-0.05, 0) is 43.2 Å². The van der Waals surface area contributed by atoms with Crippen molar-refractivity contribution in [2.24, 2.45) is 0 Å². The van der Waals surface area contributed by atoms with Crippen LogP contribution >= 0.6 is 0 Å². The summed E-state index contributed by atoms with van der Waals surface area (Å²) in [6.45, 7) is 3.98. The number of halogens is 1. The molecular weight excluding hydrogens is 305 g/mol. The first-order chi connectivity index (χ1) is 10.5. The summed E-state index contributed by atoms with van der Waals surface area (Å²) >= 11 is 0. The van der Waals surface area contributed by atoms with E-state index in [1.807, 2.05) is 19.1 Å². The maximum atomic E-state index is 13.5. The van der Waals surface area contributed by atoms with Gasteiger partial charge in [-0.25, -0.2) is 12.8 Å². The monoisotopic (exact) mass is 323 g/mol. The van der Waals surface area contributed by atoms with E-state index < -0.39 is 15.8 Å². The molecule has 2 aromatic rings. The lowest BCUT2D eigenvalue weighted by atomic mass is 10.2. The Morgan fingerprint density at radius 3 is 2.36 bits per heavy atom. The fourth-order valence-electron chi connectivity index (χ4n) is 1.94. The first-order valence-corrected chi connectivity index (χ1v) is 8.48. The van der Waals surface area contributed by atoms with Gasteiger partial charge in [0.05, 0.1) is 11.5 Å². The molecule has 0 saturated carbocycles. The lowest BCUT2D eigenvalue weighted by Crippen LogP contribution is -2.13. The summed E-state index contributed by atoms with van der Waals surface area (Å²) in [4.78, 5) is -0.0445. The first-order valence-electron chi connectivity index (χ1n) is 7.00. The van der Waals surface area contributed by atoms with Gasteiger partial charge in [0.2, 0.25) is 0 Å². The van der Waals surface area contributed by atoms with Crippen LogP contribution in [0.1, 0.15) is 19.4 Å². The van der Waals surface area contributed by atoms with E-state index in [4.69, 9.17) is 4.74 Å². The fraction of sp³-hybridized carbons (Fsp3) is 0.250. The zero-order valence-electron chi connectivity index (χ0n) is 12.5. The quantitative estimate of drug-likeness (QED) is 0.884. The largest absolute Gasteiger partial charge is 0.491 e. The minimum atomic E-state index is -3.79. The SMILES string of the molecule is CCOc1cc(S(=O)(=O)Nc2ccc(CC)cc2)ccc1F. The Balaban J connectivity index is 2.27. The number of nitrogens with one attached hydrogen (secondary N) is 1. The van der Waals surface area contributed by atoms with E-state index >= 15 is 0 Å². The Morgan fingerprint density at radius 1 is 1.09 bits per heavy atom. The number of rotatable bonds is 6. The van der Waals surface area contributed by atoms with Crippen molar-refractivity contribution >= 4 is 15.7 Å². The van der Waals surface area contributed by atoms with E-state index in [0.29, 0.717) is 5.69 Å². The van der Waals surface area contributed by atoms with Crippen molar-refractivity contribution in [3.8, 4) is 5.75 Å². The van der Waals surface area contributed by atoms with Crippen molar-refractivity contribution < 1.29 is 17.5 Å². The average molecular weight is 323 g/mol. The van der Waals surface area contributed by atoms with Gasteiger partial charge < -0.3 is 4.74 Å². The zero-order valence-corrected chi connectivity index (χ0v) is 13.3. The minimum absolute atomic E-state index is 0.0445. The van der Waals surface area contributed by atoms with Crippen molar-refractivity contribution in [2.45, 2.75) is 25.2 Å². The smallest absolute Gasteiger partial charge is 0.262 e. The highest BCUT2D eigenvalue weighted by Gasteiger charge is 2.17. The second-order valence-electron chi connectivity index (χ2n) is 4.68. The third-order valence-electron chi connectivity index (χ3n) is 3.13. The second-order valence-corrected chi connectivity index (χ2v) is 6.36. The fourth-order valence-corrected chi connectivity index (χ4v) is 3.01. The zero-order chi connectivity index (χ0) is 16.2. The molecule has 0 bridgehead atoms. The normalized spacial score (nSPS) is 11.2. The van der Waals surface area contributed by atoms with E-state index in [9.17, 15) is 12.8 Å². The molecule has 1 N–H and O–H groups in total. The van der Waals surface area contributed by atoms with E-state index in [2.05, 4.69) is 4.72 Å². The Bertz CT molecular complexity index is 742. The molecule has 0 heterocycles. The molecule has 118 valence electrons. The molecule has 0 spiro atoms. The lowest BCUT2D eigenvalue weighted by molar-refractivity contribution is 0.320. The van der Waals surface area contributed by atoms with Crippen LogP contribution in [-0.2, 0) is 16.4 Å². The van der Waals surface area contributed by atoms with Crippen LogP contribution in [0.15, 0.2) is 47.4 Å². The predicted molar refractivity (Wildman–Crippen MR) is 84.2 cm³/mol. The molecule has 2 rings (SSSR count). The van der Waals surface area contributed by atoms with E-state index in [0.717, 1.165) is 18.1 Å². The van der Waals surface area contributed by atoms with Crippen molar-refractivity contribution in [3.05, 3.63) is 53.8 Å². The molecule has 0 aliphatic rings. The van der Waals surface area contributed by atoms with Crippen molar-refractivity contribution in [2.75, 3.05) is 11.3 Å². The molecule has 22 heavy (non-hydrogen) atoms. The van der Waals surface area contributed by atoms with Gasteiger partial charge in [-0.2, -0.15) is 0 Å². The Labute approximate surface area is 130 Å². The third-order valence-corrected chi connectivity index (χ3v) is 4.51. The molecule has 2 aromatic carbocycles. The molecule has 0 amide bonds. The Hall–Kier alpha value is -2.08. The van der Waals surface area contributed by atoms with Crippen molar-refractivity contribution in [3.63, 3.8) is 0 Å². The predicted octanol–water partition coefficient (Wildman–Crippen LogP) is 3.59. The molecule has 0 radical (unpaired) electrons. The number of aryl methyl sites for hydroxylation is 1. The van der Waals surface area contributed by atoms with Gasteiger partial charge in [0, 0.05) is 11.8 Å². The number of hydrogen-bond acceptors (Lipinski definition) is 3. The summed E-state index contributed by atoms with van der Waals surface area (Å²) in [5.74, 6) is -0.667. The number of anilines is 1. The van der Waals surface area contributed by atoms with Crippen LogP contribution in [0.4, 0.5) is 10.1 Å². The van der Waals surface area contributed by atoms with Gasteiger partial charge in [0.25, 0.3) is 10.0 Å². The van der Waals surface area contributed by atoms with E-state index in [1.165, 1.54) is 12.1 Å². The maximum Gasteiger partial charge on any atom is 0.262 e. The van der Waals surface area contributed by atoms with Crippen LogP contribution in [-0.4, -0.2) is 15.0 Å². The van der Waals surface area contributed by atoms with E-state index in [1.54, 1.807) is 19.1 Å². The molecular formula is C16H18FNO3S. The highest BCUT2D eigenvalue weighted by atomic mass is 32.2. The van der Waals surface area contributed by atoms with Crippen LogP contribution in [0.2, 0.25) is 0 Å². The number of benzene rings is 2. The molecule has 0 saturated heterocycles. The molecule has 0 unspecified atom stereocenters. The Morgan fingerprint density at radius 2 is 1.77 bits per heavy atom. The van der Waals surface area contributed by atoms with E-state index in [-0.39, 0.29) is 17.3 Å². The average Bonchev–Trinajstić information content (AvgIpc) is 2.50. The molecule has 6 heteroatoms. The summed E-state index contributed by atoms with van der Waals surface area (Å²) in [7, 11) is -3.79. The second kappa shape index (κ2) is 6.79.